The molecule has 1 aliphatic carbocycles. The van der Waals surface area contributed by atoms with Crippen molar-refractivity contribution in [2.75, 3.05) is 13.2 Å². The predicted molar refractivity (Wildman–Crippen MR) is 48.7 cm³/mol. The van der Waals surface area contributed by atoms with E-state index in [0.29, 0.717) is 12.6 Å². The van der Waals surface area contributed by atoms with E-state index in [0.717, 1.165) is 19.3 Å². The first kappa shape index (κ1) is 10.5. The Balaban J connectivity index is 2.16. The van der Waals surface area contributed by atoms with Crippen molar-refractivity contribution in [1.82, 2.24) is 5.32 Å². The molecule has 1 rings (SSSR count). The quantitative estimate of drug-likeness (QED) is 0.574. The van der Waals surface area contributed by atoms with Gasteiger partial charge in [-0.05, 0) is 19.3 Å². The zero-order valence-electron chi connectivity index (χ0n) is 7.95. The van der Waals surface area contributed by atoms with Crippen LogP contribution in [0.2, 0.25) is 0 Å². The summed E-state index contributed by atoms with van der Waals surface area (Å²) < 4.78 is 5.19. The van der Waals surface area contributed by atoms with Gasteiger partial charge in [-0.15, -0.1) is 0 Å². The minimum atomic E-state index is -0.817. The molecule has 4 heteroatoms. The Bertz CT molecular complexity index is 168. The number of hydrogen-bond acceptors (Lipinski definition) is 3. The van der Waals surface area contributed by atoms with Crippen LogP contribution in [-0.2, 0) is 9.53 Å². The lowest BCUT2D eigenvalue weighted by atomic mass is 10.3. The van der Waals surface area contributed by atoms with Crippen LogP contribution in [0.5, 0.6) is 0 Å². The van der Waals surface area contributed by atoms with E-state index in [-0.39, 0.29) is 6.61 Å². The molecule has 0 bridgehead atoms. The molecule has 0 aromatic heterocycles. The molecular weight excluding hydrogens is 170 g/mol. The third-order valence-electron chi connectivity index (χ3n) is 1.95. The SMILES string of the molecule is CCCOCC(NC1CC1)C(=O)O. The van der Waals surface area contributed by atoms with Crippen molar-refractivity contribution < 1.29 is 14.6 Å². The first-order valence-corrected chi connectivity index (χ1v) is 4.80. The molecule has 2 N–H and O–H groups in total. The fraction of sp³-hybridized carbons (Fsp3) is 0.889. The van der Waals surface area contributed by atoms with Crippen LogP contribution in [0.15, 0.2) is 0 Å². The molecule has 0 aromatic rings. The molecular formula is C9H17NO3. The van der Waals surface area contributed by atoms with Crippen molar-refractivity contribution >= 4 is 5.97 Å². The van der Waals surface area contributed by atoms with Gasteiger partial charge in [-0.3, -0.25) is 10.1 Å². The maximum absolute atomic E-state index is 10.7. The van der Waals surface area contributed by atoms with Crippen LogP contribution in [-0.4, -0.2) is 36.4 Å². The number of nitrogens with one attached hydrogen (secondary N) is 1. The third-order valence-corrected chi connectivity index (χ3v) is 1.95. The van der Waals surface area contributed by atoms with E-state index in [1.54, 1.807) is 0 Å². The molecule has 0 spiro atoms. The largest absolute Gasteiger partial charge is 0.480 e. The number of aliphatic carboxylic acids is 1. The van der Waals surface area contributed by atoms with Gasteiger partial charge < -0.3 is 9.84 Å². The van der Waals surface area contributed by atoms with E-state index in [1.165, 1.54) is 0 Å². The highest BCUT2D eigenvalue weighted by Crippen LogP contribution is 2.19. The Morgan fingerprint density at radius 1 is 1.69 bits per heavy atom. The summed E-state index contributed by atoms with van der Waals surface area (Å²) >= 11 is 0. The Morgan fingerprint density at radius 2 is 2.38 bits per heavy atom. The summed E-state index contributed by atoms with van der Waals surface area (Å²) in [5, 5.41) is 11.8. The minimum absolute atomic E-state index is 0.277. The van der Waals surface area contributed by atoms with E-state index in [2.05, 4.69) is 5.32 Å². The molecule has 1 unspecified atom stereocenters. The second kappa shape index (κ2) is 5.19. The monoisotopic (exact) mass is 187 g/mol. The summed E-state index contributed by atoms with van der Waals surface area (Å²) in [6.07, 6.45) is 3.12. The Morgan fingerprint density at radius 3 is 2.85 bits per heavy atom. The lowest BCUT2D eigenvalue weighted by Gasteiger charge is -2.13. The summed E-state index contributed by atoms with van der Waals surface area (Å²) in [6, 6.07) is -0.120. The van der Waals surface area contributed by atoms with Crippen LogP contribution in [0.25, 0.3) is 0 Å². The van der Waals surface area contributed by atoms with Crippen molar-refractivity contribution in [2.45, 2.75) is 38.3 Å². The summed E-state index contributed by atoms with van der Waals surface area (Å²) in [4.78, 5) is 10.7. The average molecular weight is 187 g/mol. The summed E-state index contributed by atoms with van der Waals surface area (Å²) in [7, 11) is 0. The molecule has 76 valence electrons. The highest BCUT2D eigenvalue weighted by molar-refractivity contribution is 5.73. The predicted octanol–water partition coefficient (Wildman–Crippen LogP) is 0.618. The van der Waals surface area contributed by atoms with Gasteiger partial charge >= 0.3 is 5.97 Å². The lowest BCUT2D eigenvalue weighted by molar-refractivity contribution is -0.141. The lowest BCUT2D eigenvalue weighted by Crippen LogP contribution is -2.41. The molecule has 0 saturated heterocycles. The molecule has 1 aliphatic rings. The number of carboxylic acid groups (broad SMARTS) is 1. The van der Waals surface area contributed by atoms with Gasteiger partial charge in [0.1, 0.15) is 6.04 Å². The van der Waals surface area contributed by atoms with Crippen LogP contribution in [0.3, 0.4) is 0 Å². The molecule has 1 atom stereocenters. The molecule has 1 fully saturated rings. The fourth-order valence-electron chi connectivity index (χ4n) is 1.07. The van der Waals surface area contributed by atoms with Crippen molar-refractivity contribution in [3.8, 4) is 0 Å². The van der Waals surface area contributed by atoms with Gasteiger partial charge in [-0.1, -0.05) is 6.92 Å². The Hall–Kier alpha value is -0.610. The van der Waals surface area contributed by atoms with Crippen molar-refractivity contribution in [2.24, 2.45) is 0 Å². The Kier molecular flexibility index (Phi) is 4.18. The van der Waals surface area contributed by atoms with Crippen LogP contribution in [0.1, 0.15) is 26.2 Å². The molecule has 0 amide bonds. The normalized spacial score (nSPS) is 18.5. The van der Waals surface area contributed by atoms with Gasteiger partial charge in [0, 0.05) is 12.6 Å². The van der Waals surface area contributed by atoms with Gasteiger partial charge in [0.15, 0.2) is 0 Å². The molecule has 1 saturated carbocycles. The topological polar surface area (TPSA) is 58.6 Å². The summed E-state index contributed by atoms with van der Waals surface area (Å²) in [5.41, 5.74) is 0. The fourth-order valence-corrected chi connectivity index (χ4v) is 1.07. The molecule has 4 nitrogen and oxygen atoms in total. The smallest absolute Gasteiger partial charge is 0.323 e. The number of carbonyl (C=O) groups is 1. The average Bonchev–Trinajstić information content (AvgIpc) is 2.86. The zero-order valence-corrected chi connectivity index (χ0v) is 7.95. The molecule has 0 radical (unpaired) electrons. The zero-order chi connectivity index (χ0) is 9.68. The highest BCUT2D eigenvalue weighted by Gasteiger charge is 2.28. The van der Waals surface area contributed by atoms with E-state index >= 15 is 0 Å². The first-order chi connectivity index (χ1) is 6.24. The third kappa shape index (κ3) is 4.24. The summed E-state index contributed by atoms with van der Waals surface area (Å²) in [6.45, 7) is 2.92. The summed E-state index contributed by atoms with van der Waals surface area (Å²) in [5.74, 6) is -0.817. The molecule has 0 aromatic carbocycles. The number of carboxylic acids is 1. The van der Waals surface area contributed by atoms with Crippen molar-refractivity contribution in [3.05, 3.63) is 0 Å². The minimum Gasteiger partial charge on any atom is -0.480 e. The molecule has 0 heterocycles. The number of hydrogen-bond donors (Lipinski definition) is 2. The van der Waals surface area contributed by atoms with E-state index in [4.69, 9.17) is 9.84 Å². The van der Waals surface area contributed by atoms with Crippen LogP contribution in [0.4, 0.5) is 0 Å². The van der Waals surface area contributed by atoms with E-state index in [9.17, 15) is 4.79 Å². The van der Waals surface area contributed by atoms with E-state index < -0.39 is 12.0 Å². The maximum atomic E-state index is 10.7. The Labute approximate surface area is 78.3 Å². The first-order valence-electron chi connectivity index (χ1n) is 4.80. The maximum Gasteiger partial charge on any atom is 0.323 e. The van der Waals surface area contributed by atoms with Crippen LogP contribution >= 0.6 is 0 Å². The van der Waals surface area contributed by atoms with E-state index in [1.807, 2.05) is 6.92 Å². The number of rotatable bonds is 7. The second-order valence-electron chi connectivity index (χ2n) is 3.41. The van der Waals surface area contributed by atoms with Crippen molar-refractivity contribution in [3.63, 3.8) is 0 Å². The van der Waals surface area contributed by atoms with Gasteiger partial charge in [0.25, 0.3) is 0 Å². The molecule has 13 heavy (non-hydrogen) atoms. The second-order valence-corrected chi connectivity index (χ2v) is 3.41. The van der Waals surface area contributed by atoms with Gasteiger partial charge in [0.2, 0.25) is 0 Å². The molecule has 0 aliphatic heterocycles. The number of ether oxygens (including phenoxy) is 1. The van der Waals surface area contributed by atoms with Gasteiger partial charge in [-0.2, -0.15) is 0 Å². The van der Waals surface area contributed by atoms with Crippen LogP contribution < -0.4 is 5.32 Å². The van der Waals surface area contributed by atoms with Gasteiger partial charge in [0.05, 0.1) is 6.61 Å². The van der Waals surface area contributed by atoms with Crippen LogP contribution in [0, 0.1) is 0 Å². The highest BCUT2D eigenvalue weighted by atomic mass is 16.5. The van der Waals surface area contributed by atoms with Crippen molar-refractivity contribution in [1.29, 1.82) is 0 Å². The van der Waals surface area contributed by atoms with Gasteiger partial charge in [-0.25, -0.2) is 0 Å². The standard InChI is InChI=1S/C9H17NO3/c1-2-5-13-6-8(9(11)12)10-7-3-4-7/h7-8,10H,2-6H2,1H3,(H,11,12).